The first-order chi connectivity index (χ1) is 14.3. The molecule has 0 aliphatic carbocycles. The lowest BCUT2D eigenvalue weighted by molar-refractivity contribution is -0.118. The molecule has 0 bridgehead atoms. The van der Waals surface area contributed by atoms with Gasteiger partial charge in [0, 0.05) is 37.0 Å². The molecule has 30 heavy (non-hydrogen) atoms. The molecule has 0 saturated carbocycles. The molecule has 0 aliphatic heterocycles. The number of benzene rings is 2. The zero-order valence-corrected chi connectivity index (χ0v) is 18.2. The molecule has 9 heteroatoms. The van der Waals surface area contributed by atoms with Crippen LogP contribution in [0.4, 0.5) is 11.4 Å². The molecule has 162 valence electrons. The second kappa shape index (κ2) is 10.7. The molecule has 0 aromatic heterocycles. The van der Waals surface area contributed by atoms with E-state index < -0.39 is 15.9 Å². The van der Waals surface area contributed by atoms with Gasteiger partial charge in [-0.05, 0) is 36.4 Å². The number of amides is 2. The molecule has 0 radical (unpaired) electrons. The molecule has 8 nitrogen and oxygen atoms in total. The van der Waals surface area contributed by atoms with Gasteiger partial charge in [0.05, 0.1) is 4.90 Å². The number of hydrogen-bond donors (Lipinski definition) is 2. The number of nitrogens with zero attached hydrogens (tertiary/aromatic N) is 1. The van der Waals surface area contributed by atoms with Gasteiger partial charge in [-0.3, -0.25) is 9.59 Å². The maximum Gasteiger partial charge on any atom is 0.262 e. The highest BCUT2D eigenvalue weighted by molar-refractivity contribution is 7.89. The van der Waals surface area contributed by atoms with Gasteiger partial charge >= 0.3 is 0 Å². The lowest BCUT2D eigenvalue weighted by atomic mass is 10.3. The Hall–Kier alpha value is -2.91. The quantitative estimate of drug-likeness (QED) is 0.599. The van der Waals surface area contributed by atoms with Gasteiger partial charge in [0.2, 0.25) is 15.9 Å². The van der Waals surface area contributed by atoms with Gasteiger partial charge in [0.1, 0.15) is 5.75 Å². The Morgan fingerprint density at radius 3 is 2.13 bits per heavy atom. The van der Waals surface area contributed by atoms with Gasteiger partial charge < -0.3 is 15.4 Å². The van der Waals surface area contributed by atoms with Crippen molar-refractivity contribution in [3.05, 3.63) is 48.5 Å². The molecule has 0 unspecified atom stereocenters. The molecule has 2 N–H and O–H groups in total. The van der Waals surface area contributed by atoms with Crippen molar-refractivity contribution in [2.24, 2.45) is 0 Å². The monoisotopic (exact) mass is 433 g/mol. The minimum Gasteiger partial charge on any atom is -0.484 e. The molecule has 2 rings (SSSR count). The van der Waals surface area contributed by atoms with E-state index in [1.807, 2.05) is 0 Å². The third kappa shape index (κ3) is 6.30. The Bertz CT molecular complexity index is 970. The van der Waals surface area contributed by atoms with Crippen LogP contribution < -0.4 is 15.4 Å². The van der Waals surface area contributed by atoms with Crippen LogP contribution in [0.1, 0.15) is 27.2 Å². The Kier molecular flexibility index (Phi) is 8.37. The van der Waals surface area contributed by atoms with Gasteiger partial charge in [-0.1, -0.05) is 26.8 Å². The minimum atomic E-state index is -3.54. The van der Waals surface area contributed by atoms with Crippen LogP contribution in [0.15, 0.2) is 53.4 Å². The highest BCUT2D eigenvalue weighted by Crippen LogP contribution is 2.19. The van der Waals surface area contributed by atoms with Crippen LogP contribution >= 0.6 is 0 Å². The summed E-state index contributed by atoms with van der Waals surface area (Å²) in [6, 6.07) is 12.8. The fourth-order valence-corrected chi connectivity index (χ4v) is 4.14. The smallest absolute Gasteiger partial charge is 0.262 e. The molecular weight excluding hydrogens is 406 g/mol. The van der Waals surface area contributed by atoms with Crippen molar-refractivity contribution in [3.63, 3.8) is 0 Å². The van der Waals surface area contributed by atoms with Crippen LogP contribution in [0.25, 0.3) is 0 Å². The van der Waals surface area contributed by atoms with E-state index in [1.54, 1.807) is 45.0 Å². The van der Waals surface area contributed by atoms with Gasteiger partial charge in [0.15, 0.2) is 6.61 Å². The number of carbonyl (C=O) groups excluding carboxylic acids is 2. The second-order valence-electron chi connectivity index (χ2n) is 6.38. The third-order valence-corrected chi connectivity index (χ3v) is 6.35. The van der Waals surface area contributed by atoms with E-state index in [2.05, 4.69) is 10.6 Å². The molecule has 0 heterocycles. The van der Waals surface area contributed by atoms with Crippen molar-refractivity contribution < 1.29 is 22.7 Å². The van der Waals surface area contributed by atoms with Crippen LogP contribution in [0.3, 0.4) is 0 Å². The minimum absolute atomic E-state index is 0.114. The van der Waals surface area contributed by atoms with E-state index in [0.29, 0.717) is 36.6 Å². The van der Waals surface area contributed by atoms with E-state index in [9.17, 15) is 18.0 Å². The number of sulfonamides is 1. The molecule has 0 atom stereocenters. The Balaban J connectivity index is 1.94. The van der Waals surface area contributed by atoms with Crippen molar-refractivity contribution >= 4 is 33.2 Å². The summed E-state index contributed by atoms with van der Waals surface area (Å²) in [5.41, 5.74) is 1.05. The van der Waals surface area contributed by atoms with Crippen LogP contribution in [-0.4, -0.2) is 44.2 Å². The Labute approximate surface area is 177 Å². The van der Waals surface area contributed by atoms with E-state index in [4.69, 9.17) is 4.74 Å². The van der Waals surface area contributed by atoms with Gasteiger partial charge in [-0.2, -0.15) is 4.31 Å². The largest absolute Gasteiger partial charge is 0.484 e. The molecular formula is C21H27N3O5S. The van der Waals surface area contributed by atoms with Crippen LogP contribution in [0.5, 0.6) is 5.75 Å². The summed E-state index contributed by atoms with van der Waals surface area (Å²) in [6.45, 7) is 5.86. The summed E-state index contributed by atoms with van der Waals surface area (Å²) in [6.07, 6.45) is 0.364. The van der Waals surface area contributed by atoms with Gasteiger partial charge in [0.25, 0.3) is 5.91 Å². The Morgan fingerprint density at radius 1 is 0.900 bits per heavy atom. The average molecular weight is 434 g/mol. The molecule has 0 saturated heterocycles. The third-order valence-electron chi connectivity index (χ3n) is 4.29. The van der Waals surface area contributed by atoms with Crippen LogP contribution in [0.2, 0.25) is 0 Å². The van der Waals surface area contributed by atoms with Crippen LogP contribution in [-0.2, 0) is 19.6 Å². The van der Waals surface area contributed by atoms with Gasteiger partial charge in [-0.25, -0.2) is 8.42 Å². The second-order valence-corrected chi connectivity index (χ2v) is 8.32. The summed E-state index contributed by atoms with van der Waals surface area (Å²) in [4.78, 5) is 23.8. The number of ether oxygens (including phenoxy) is 1. The maximum absolute atomic E-state index is 12.5. The fraction of sp³-hybridized carbons (Fsp3) is 0.333. The Morgan fingerprint density at radius 2 is 1.53 bits per heavy atom. The number of nitrogens with one attached hydrogen (secondary N) is 2. The SMILES string of the molecule is CCC(=O)Nc1cccc(OCC(=O)Nc2ccc(S(=O)(=O)N(CC)CC)cc2)c1. The zero-order valence-electron chi connectivity index (χ0n) is 17.3. The van der Waals surface area contributed by atoms with Crippen molar-refractivity contribution in [2.45, 2.75) is 32.1 Å². The molecule has 0 aliphatic rings. The summed E-state index contributed by atoms with van der Waals surface area (Å²) in [7, 11) is -3.54. The lowest BCUT2D eigenvalue weighted by Crippen LogP contribution is -2.30. The summed E-state index contributed by atoms with van der Waals surface area (Å²) >= 11 is 0. The molecule has 2 aromatic carbocycles. The van der Waals surface area contributed by atoms with E-state index in [-0.39, 0.29) is 17.4 Å². The normalized spacial score (nSPS) is 11.2. The number of hydrogen-bond acceptors (Lipinski definition) is 5. The predicted molar refractivity (Wildman–Crippen MR) is 116 cm³/mol. The van der Waals surface area contributed by atoms with Crippen molar-refractivity contribution in [3.8, 4) is 5.75 Å². The van der Waals surface area contributed by atoms with E-state index in [0.717, 1.165) is 0 Å². The van der Waals surface area contributed by atoms with Gasteiger partial charge in [-0.15, -0.1) is 0 Å². The number of anilines is 2. The maximum atomic E-state index is 12.5. The molecule has 2 amide bonds. The standard InChI is InChI=1S/C21H27N3O5S/c1-4-20(25)23-17-8-7-9-18(14-17)29-15-21(26)22-16-10-12-19(13-11-16)30(27,28)24(5-2)6-3/h7-14H,4-6,15H2,1-3H3,(H,22,26)(H,23,25). The molecule has 0 spiro atoms. The zero-order chi connectivity index (χ0) is 22.1. The molecule has 0 fully saturated rings. The van der Waals surface area contributed by atoms with Crippen molar-refractivity contribution in [2.75, 3.05) is 30.3 Å². The summed E-state index contributed by atoms with van der Waals surface area (Å²) in [5, 5.41) is 5.38. The van der Waals surface area contributed by atoms with Crippen molar-refractivity contribution in [1.29, 1.82) is 0 Å². The number of rotatable bonds is 10. The topological polar surface area (TPSA) is 105 Å². The van der Waals surface area contributed by atoms with Crippen molar-refractivity contribution in [1.82, 2.24) is 4.31 Å². The summed E-state index contributed by atoms with van der Waals surface area (Å²) in [5.74, 6) is -0.0617. The first-order valence-electron chi connectivity index (χ1n) is 9.72. The molecule has 2 aromatic rings. The number of carbonyl (C=O) groups is 2. The first-order valence-corrected chi connectivity index (χ1v) is 11.2. The van der Waals surface area contributed by atoms with Crippen LogP contribution in [0, 0.1) is 0 Å². The lowest BCUT2D eigenvalue weighted by Gasteiger charge is -2.18. The first kappa shape index (κ1) is 23.4. The summed E-state index contributed by atoms with van der Waals surface area (Å²) < 4.78 is 31.8. The predicted octanol–water partition coefficient (Wildman–Crippen LogP) is 3.08. The van der Waals surface area contributed by atoms with E-state index in [1.165, 1.54) is 28.6 Å². The average Bonchev–Trinajstić information content (AvgIpc) is 2.73. The fourth-order valence-electron chi connectivity index (χ4n) is 2.68. The van der Waals surface area contributed by atoms with E-state index >= 15 is 0 Å². The highest BCUT2D eigenvalue weighted by atomic mass is 32.2. The highest BCUT2D eigenvalue weighted by Gasteiger charge is 2.21.